The summed E-state index contributed by atoms with van der Waals surface area (Å²) in [4.78, 5) is 0. The van der Waals surface area contributed by atoms with E-state index in [0.717, 1.165) is 12.2 Å². The van der Waals surface area contributed by atoms with Crippen molar-refractivity contribution < 1.29 is 5.11 Å². The van der Waals surface area contributed by atoms with Crippen LogP contribution in [0.4, 0.5) is 0 Å². The van der Waals surface area contributed by atoms with Gasteiger partial charge in [-0.15, -0.1) is 0 Å². The van der Waals surface area contributed by atoms with Gasteiger partial charge in [-0.05, 0) is 13.3 Å². The molecule has 3 heteroatoms. The van der Waals surface area contributed by atoms with Crippen molar-refractivity contribution in [2.24, 2.45) is 5.92 Å². The molecule has 1 aliphatic rings. The van der Waals surface area contributed by atoms with Gasteiger partial charge in [-0.1, -0.05) is 32.9 Å². The highest BCUT2D eigenvalue weighted by Crippen LogP contribution is 2.24. The molecule has 1 unspecified atom stereocenters. The zero-order valence-corrected chi connectivity index (χ0v) is 11.7. The SMILES string of the molecule is CC(CSC(C)(C)C)N[C@@H]1C=C[C@H](CO)C1. The Balaban J connectivity index is 2.20. The smallest absolute Gasteiger partial charge is 0.0494 e. The number of nitrogens with one attached hydrogen (secondary N) is 1. The van der Waals surface area contributed by atoms with Crippen molar-refractivity contribution in [3.05, 3.63) is 12.2 Å². The second-order valence-electron chi connectivity index (χ2n) is 5.66. The van der Waals surface area contributed by atoms with Crippen LogP contribution in [0.2, 0.25) is 0 Å². The van der Waals surface area contributed by atoms with Gasteiger partial charge in [0, 0.05) is 35.1 Å². The average Bonchev–Trinajstić information content (AvgIpc) is 2.61. The summed E-state index contributed by atoms with van der Waals surface area (Å²) < 4.78 is 0.342. The van der Waals surface area contributed by atoms with E-state index in [0.29, 0.717) is 22.7 Å². The zero-order chi connectivity index (χ0) is 12.2. The molecule has 0 saturated carbocycles. The highest BCUT2D eigenvalue weighted by Gasteiger charge is 2.20. The summed E-state index contributed by atoms with van der Waals surface area (Å²) in [7, 11) is 0. The first-order valence-corrected chi connectivity index (χ1v) is 7.08. The molecule has 0 spiro atoms. The predicted molar refractivity (Wildman–Crippen MR) is 72.9 cm³/mol. The average molecular weight is 243 g/mol. The number of hydrogen-bond acceptors (Lipinski definition) is 3. The van der Waals surface area contributed by atoms with Gasteiger partial charge in [0.25, 0.3) is 0 Å². The summed E-state index contributed by atoms with van der Waals surface area (Å²) in [5.41, 5.74) is 0. The van der Waals surface area contributed by atoms with Gasteiger partial charge in [-0.3, -0.25) is 0 Å². The second-order valence-corrected chi connectivity index (χ2v) is 7.51. The van der Waals surface area contributed by atoms with Gasteiger partial charge < -0.3 is 10.4 Å². The molecule has 0 saturated heterocycles. The number of thioether (sulfide) groups is 1. The third-order valence-electron chi connectivity index (χ3n) is 2.67. The van der Waals surface area contributed by atoms with E-state index >= 15 is 0 Å². The third kappa shape index (κ3) is 5.37. The fraction of sp³-hybridized carbons (Fsp3) is 0.846. The number of hydrogen-bond donors (Lipinski definition) is 2. The van der Waals surface area contributed by atoms with E-state index in [2.05, 4.69) is 45.2 Å². The summed E-state index contributed by atoms with van der Waals surface area (Å²) in [6.45, 7) is 9.27. The highest BCUT2D eigenvalue weighted by molar-refractivity contribution is 8.00. The van der Waals surface area contributed by atoms with Gasteiger partial charge in [0.15, 0.2) is 0 Å². The minimum Gasteiger partial charge on any atom is -0.396 e. The monoisotopic (exact) mass is 243 g/mol. The first-order valence-electron chi connectivity index (χ1n) is 6.10. The van der Waals surface area contributed by atoms with Crippen LogP contribution in [0.25, 0.3) is 0 Å². The van der Waals surface area contributed by atoms with Crippen molar-refractivity contribution in [1.29, 1.82) is 0 Å². The lowest BCUT2D eigenvalue weighted by Gasteiger charge is -2.23. The quantitative estimate of drug-likeness (QED) is 0.727. The topological polar surface area (TPSA) is 32.3 Å². The molecular formula is C13H25NOS. The van der Waals surface area contributed by atoms with Crippen LogP contribution in [0.3, 0.4) is 0 Å². The molecule has 0 aliphatic heterocycles. The maximum atomic E-state index is 9.04. The Bertz CT molecular complexity index is 235. The Hall–Kier alpha value is 0.01000. The third-order valence-corrected chi connectivity index (χ3v) is 4.20. The van der Waals surface area contributed by atoms with Crippen LogP contribution in [0.15, 0.2) is 12.2 Å². The van der Waals surface area contributed by atoms with Crippen LogP contribution < -0.4 is 5.32 Å². The van der Waals surface area contributed by atoms with Crippen molar-refractivity contribution in [2.75, 3.05) is 12.4 Å². The first-order chi connectivity index (χ1) is 7.40. The Kier molecular flexibility index (Phi) is 5.35. The van der Waals surface area contributed by atoms with Crippen LogP contribution in [0.1, 0.15) is 34.1 Å². The van der Waals surface area contributed by atoms with Crippen LogP contribution in [-0.4, -0.2) is 34.3 Å². The number of rotatable bonds is 5. The molecule has 0 aromatic rings. The molecule has 16 heavy (non-hydrogen) atoms. The van der Waals surface area contributed by atoms with E-state index < -0.39 is 0 Å². The van der Waals surface area contributed by atoms with E-state index in [1.54, 1.807) is 0 Å². The minimum absolute atomic E-state index is 0.278. The summed E-state index contributed by atoms with van der Waals surface area (Å²) in [6.07, 6.45) is 5.36. The molecule has 0 aromatic carbocycles. The van der Waals surface area contributed by atoms with Gasteiger partial charge in [0.2, 0.25) is 0 Å². The molecule has 2 nitrogen and oxygen atoms in total. The fourth-order valence-corrected chi connectivity index (χ4v) is 2.67. The molecule has 0 fully saturated rings. The van der Waals surface area contributed by atoms with Crippen molar-refractivity contribution >= 4 is 11.8 Å². The maximum Gasteiger partial charge on any atom is 0.0494 e. The summed E-state index contributed by atoms with van der Waals surface area (Å²) in [5.74, 6) is 1.50. The van der Waals surface area contributed by atoms with Gasteiger partial charge >= 0.3 is 0 Å². The van der Waals surface area contributed by atoms with E-state index in [1.165, 1.54) is 0 Å². The molecule has 0 aromatic heterocycles. The predicted octanol–water partition coefficient (Wildman–Crippen LogP) is 2.43. The van der Waals surface area contributed by atoms with Crippen molar-refractivity contribution in [3.8, 4) is 0 Å². The first kappa shape index (κ1) is 14.1. The standard InChI is InChI=1S/C13H25NOS/c1-10(9-16-13(2,3)4)14-12-6-5-11(7-12)8-15/h5-6,10-12,14-15H,7-9H2,1-4H3/t10?,11-,12+/m0/s1. The largest absolute Gasteiger partial charge is 0.396 e. The lowest BCUT2D eigenvalue weighted by molar-refractivity contribution is 0.245. The molecule has 2 N–H and O–H groups in total. The van der Waals surface area contributed by atoms with Crippen LogP contribution in [-0.2, 0) is 0 Å². The zero-order valence-electron chi connectivity index (χ0n) is 10.9. The van der Waals surface area contributed by atoms with E-state index in [-0.39, 0.29) is 6.61 Å². The molecular weight excluding hydrogens is 218 g/mol. The fourth-order valence-electron chi connectivity index (χ4n) is 1.82. The van der Waals surface area contributed by atoms with Gasteiger partial charge in [0.05, 0.1) is 0 Å². The summed E-state index contributed by atoms with van der Waals surface area (Å²) in [5, 5.41) is 12.6. The van der Waals surface area contributed by atoms with Crippen LogP contribution >= 0.6 is 11.8 Å². The Morgan fingerprint density at radius 1 is 1.44 bits per heavy atom. The van der Waals surface area contributed by atoms with Crippen molar-refractivity contribution in [1.82, 2.24) is 5.32 Å². The van der Waals surface area contributed by atoms with Gasteiger partial charge in [-0.2, -0.15) is 11.8 Å². The summed E-state index contributed by atoms with van der Waals surface area (Å²) in [6, 6.07) is 0.976. The maximum absolute atomic E-state index is 9.04. The Labute approximate surface area is 104 Å². The molecule has 3 atom stereocenters. The lowest BCUT2D eigenvalue weighted by Crippen LogP contribution is -2.37. The van der Waals surface area contributed by atoms with Crippen molar-refractivity contribution in [3.63, 3.8) is 0 Å². The minimum atomic E-state index is 0.278. The lowest BCUT2D eigenvalue weighted by atomic mass is 10.1. The Morgan fingerprint density at radius 3 is 2.62 bits per heavy atom. The molecule has 0 radical (unpaired) electrons. The van der Waals surface area contributed by atoms with Gasteiger partial charge in [0.1, 0.15) is 0 Å². The molecule has 94 valence electrons. The molecule has 1 rings (SSSR count). The van der Waals surface area contributed by atoms with E-state index in [1.807, 2.05) is 11.8 Å². The molecule has 0 bridgehead atoms. The van der Waals surface area contributed by atoms with Crippen molar-refractivity contribution in [2.45, 2.75) is 50.9 Å². The number of aliphatic hydroxyl groups is 1. The molecule has 1 aliphatic carbocycles. The molecule has 0 heterocycles. The van der Waals surface area contributed by atoms with Gasteiger partial charge in [-0.25, -0.2) is 0 Å². The Morgan fingerprint density at radius 2 is 2.12 bits per heavy atom. The molecule has 0 amide bonds. The van der Waals surface area contributed by atoms with Crippen LogP contribution in [0, 0.1) is 5.92 Å². The second kappa shape index (κ2) is 6.08. The summed E-state index contributed by atoms with van der Waals surface area (Å²) >= 11 is 2.00. The van der Waals surface area contributed by atoms with Crippen LogP contribution in [0.5, 0.6) is 0 Å². The van der Waals surface area contributed by atoms with E-state index in [9.17, 15) is 0 Å². The highest BCUT2D eigenvalue weighted by atomic mass is 32.2. The normalized spacial score (nSPS) is 27.3. The number of aliphatic hydroxyl groups excluding tert-OH is 1. The van der Waals surface area contributed by atoms with E-state index in [4.69, 9.17) is 5.11 Å².